The molecule has 2 unspecified atom stereocenters. The Balaban J connectivity index is 1.94. The second-order valence-corrected chi connectivity index (χ2v) is 5.05. The summed E-state index contributed by atoms with van der Waals surface area (Å²) >= 11 is 0. The molecule has 0 amide bonds. The van der Waals surface area contributed by atoms with E-state index in [2.05, 4.69) is 31.1 Å². The van der Waals surface area contributed by atoms with Crippen molar-refractivity contribution in [1.29, 1.82) is 0 Å². The van der Waals surface area contributed by atoms with Gasteiger partial charge in [-0.15, -0.1) is 0 Å². The second-order valence-electron chi connectivity index (χ2n) is 5.05. The molecule has 0 spiro atoms. The molecular formula is C13H28N2O. The summed E-state index contributed by atoms with van der Waals surface area (Å²) < 4.78 is 5.74. The molecule has 1 aliphatic rings. The van der Waals surface area contributed by atoms with Crippen molar-refractivity contribution in [3.63, 3.8) is 0 Å². The molecule has 3 heteroatoms. The molecule has 2 atom stereocenters. The van der Waals surface area contributed by atoms with E-state index in [1.165, 1.54) is 25.8 Å². The molecule has 1 saturated heterocycles. The Morgan fingerprint density at radius 3 is 2.94 bits per heavy atom. The predicted molar refractivity (Wildman–Crippen MR) is 68.8 cm³/mol. The number of nitrogens with zero attached hydrogens (tertiary/aromatic N) is 1. The first kappa shape index (κ1) is 13.9. The molecule has 0 saturated carbocycles. The molecule has 0 aromatic heterocycles. The Morgan fingerprint density at radius 2 is 2.31 bits per heavy atom. The average molecular weight is 228 g/mol. The summed E-state index contributed by atoms with van der Waals surface area (Å²) in [7, 11) is 2.23. The summed E-state index contributed by atoms with van der Waals surface area (Å²) in [5.41, 5.74) is 0. The van der Waals surface area contributed by atoms with Crippen LogP contribution in [0, 0.1) is 5.92 Å². The van der Waals surface area contributed by atoms with E-state index in [0.717, 1.165) is 32.3 Å². The van der Waals surface area contributed by atoms with E-state index in [1.807, 2.05) is 0 Å². The monoisotopic (exact) mass is 228 g/mol. The highest BCUT2D eigenvalue weighted by Gasteiger charge is 2.20. The van der Waals surface area contributed by atoms with Crippen LogP contribution in [0.4, 0.5) is 0 Å². The van der Waals surface area contributed by atoms with E-state index in [-0.39, 0.29) is 0 Å². The molecule has 1 N–H and O–H groups in total. The van der Waals surface area contributed by atoms with E-state index >= 15 is 0 Å². The van der Waals surface area contributed by atoms with Crippen LogP contribution in [0.3, 0.4) is 0 Å². The van der Waals surface area contributed by atoms with Gasteiger partial charge in [0.1, 0.15) is 0 Å². The van der Waals surface area contributed by atoms with Gasteiger partial charge < -0.3 is 15.0 Å². The number of hydrogen-bond donors (Lipinski definition) is 1. The molecule has 16 heavy (non-hydrogen) atoms. The first-order chi connectivity index (χ1) is 7.74. The lowest BCUT2D eigenvalue weighted by Crippen LogP contribution is -2.27. The van der Waals surface area contributed by atoms with E-state index in [4.69, 9.17) is 4.74 Å². The fourth-order valence-corrected chi connectivity index (χ4v) is 2.30. The zero-order chi connectivity index (χ0) is 11.8. The van der Waals surface area contributed by atoms with E-state index in [1.54, 1.807) is 0 Å². The molecule has 0 bridgehead atoms. The number of nitrogens with one attached hydrogen (secondary N) is 1. The van der Waals surface area contributed by atoms with Gasteiger partial charge in [-0.25, -0.2) is 0 Å². The molecule has 1 heterocycles. The molecule has 0 aromatic carbocycles. The third-order valence-corrected chi connectivity index (χ3v) is 3.41. The Bertz CT molecular complexity index is 175. The van der Waals surface area contributed by atoms with E-state index in [0.29, 0.717) is 5.92 Å². The van der Waals surface area contributed by atoms with Crippen LogP contribution in [0.5, 0.6) is 0 Å². The van der Waals surface area contributed by atoms with Crippen LogP contribution >= 0.6 is 0 Å². The lowest BCUT2D eigenvalue weighted by Gasteiger charge is -2.19. The lowest BCUT2D eigenvalue weighted by atomic mass is 10.1. The maximum Gasteiger partial charge on any atom is 0.0503 e. The third kappa shape index (κ3) is 5.28. The highest BCUT2D eigenvalue weighted by Crippen LogP contribution is 2.17. The van der Waals surface area contributed by atoms with Crippen molar-refractivity contribution in [2.24, 2.45) is 5.92 Å². The molecule has 0 aliphatic carbocycles. The minimum absolute atomic E-state index is 0.626. The Hall–Kier alpha value is -0.120. The summed E-state index contributed by atoms with van der Waals surface area (Å²) in [4.78, 5) is 2.46. The smallest absolute Gasteiger partial charge is 0.0503 e. The number of likely N-dealkylation sites (tertiary alicyclic amines) is 1. The van der Waals surface area contributed by atoms with Gasteiger partial charge in [-0.2, -0.15) is 0 Å². The molecule has 1 fully saturated rings. The summed E-state index contributed by atoms with van der Waals surface area (Å²) in [5.74, 6) is 0.626. The number of ether oxygens (including phenoxy) is 1. The van der Waals surface area contributed by atoms with E-state index in [9.17, 15) is 0 Å². The number of rotatable bonds is 8. The first-order valence-corrected chi connectivity index (χ1v) is 6.72. The van der Waals surface area contributed by atoms with Crippen LogP contribution in [-0.2, 0) is 4.74 Å². The van der Waals surface area contributed by atoms with Crippen LogP contribution in [-0.4, -0.2) is 50.8 Å². The van der Waals surface area contributed by atoms with Gasteiger partial charge >= 0.3 is 0 Å². The van der Waals surface area contributed by atoms with Crippen LogP contribution in [0.25, 0.3) is 0 Å². The fourth-order valence-electron chi connectivity index (χ4n) is 2.30. The maximum absolute atomic E-state index is 5.74. The maximum atomic E-state index is 5.74. The van der Waals surface area contributed by atoms with Gasteiger partial charge in [0.15, 0.2) is 0 Å². The van der Waals surface area contributed by atoms with Gasteiger partial charge in [-0.1, -0.05) is 13.8 Å². The van der Waals surface area contributed by atoms with Gasteiger partial charge in [-0.05, 0) is 51.9 Å². The number of hydrogen-bond acceptors (Lipinski definition) is 3. The minimum Gasteiger partial charge on any atom is -0.381 e. The zero-order valence-electron chi connectivity index (χ0n) is 11.2. The van der Waals surface area contributed by atoms with Crippen LogP contribution in [0.1, 0.15) is 33.1 Å². The van der Waals surface area contributed by atoms with Crippen LogP contribution < -0.4 is 5.32 Å². The van der Waals surface area contributed by atoms with Crippen LogP contribution in [0.15, 0.2) is 0 Å². The average Bonchev–Trinajstić information content (AvgIpc) is 2.67. The molecule has 96 valence electrons. The SMILES string of the molecule is CCNCC(C)COCCC1CCCN1C. The van der Waals surface area contributed by atoms with Crippen molar-refractivity contribution in [2.45, 2.75) is 39.2 Å². The summed E-state index contributed by atoms with van der Waals surface area (Å²) in [6, 6.07) is 0.768. The van der Waals surface area contributed by atoms with Gasteiger partial charge in [0.05, 0.1) is 6.61 Å². The molecular weight excluding hydrogens is 200 g/mol. The van der Waals surface area contributed by atoms with Crippen molar-refractivity contribution >= 4 is 0 Å². The van der Waals surface area contributed by atoms with Gasteiger partial charge in [0.25, 0.3) is 0 Å². The minimum atomic E-state index is 0.626. The Labute approximate surface area is 101 Å². The molecule has 3 nitrogen and oxygen atoms in total. The standard InChI is InChI=1S/C13H28N2O/c1-4-14-10-12(2)11-16-9-7-13-6-5-8-15(13)3/h12-14H,4-11H2,1-3H3. The third-order valence-electron chi connectivity index (χ3n) is 3.41. The summed E-state index contributed by atoms with van der Waals surface area (Å²) in [6.45, 7) is 9.58. The molecule has 1 aliphatic heterocycles. The van der Waals surface area contributed by atoms with Crippen molar-refractivity contribution in [2.75, 3.05) is 39.9 Å². The molecule has 0 aromatic rings. The van der Waals surface area contributed by atoms with Crippen molar-refractivity contribution in [3.8, 4) is 0 Å². The normalized spacial score (nSPS) is 23.8. The molecule has 1 rings (SSSR count). The lowest BCUT2D eigenvalue weighted by molar-refractivity contribution is 0.0888. The van der Waals surface area contributed by atoms with Crippen LogP contribution in [0.2, 0.25) is 0 Å². The highest BCUT2D eigenvalue weighted by atomic mass is 16.5. The summed E-state index contributed by atoms with van der Waals surface area (Å²) in [6.07, 6.45) is 3.91. The fraction of sp³-hybridized carbons (Fsp3) is 1.00. The van der Waals surface area contributed by atoms with Crippen molar-refractivity contribution < 1.29 is 4.74 Å². The van der Waals surface area contributed by atoms with Gasteiger partial charge in [0.2, 0.25) is 0 Å². The predicted octanol–water partition coefficient (Wildman–Crippen LogP) is 1.73. The molecule has 0 radical (unpaired) electrons. The highest BCUT2D eigenvalue weighted by molar-refractivity contribution is 4.75. The quantitative estimate of drug-likeness (QED) is 0.640. The van der Waals surface area contributed by atoms with E-state index < -0.39 is 0 Å². The zero-order valence-corrected chi connectivity index (χ0v) is 11.2. The van der Waals surface area contributed by atoms with Crippen molar-refractivity contribution in [3.05, 3.63) is 0 Å². The first-order valence-electron chi connectivity index (χ1n) is 6.72. The van der Waals surface area contributed by atoms with Crippen molar-refractivity contribution in [1.82, 2.24) is 10.2 Å². The largest absolute Gasteiger partial charge is 0.381 e. The van der Waals surface area contributed by atoms with Gasteiger partial charge in [0, 0.05) is 12.6 Å². The van der Waals surface area contributed by atoms with Gasteiger partial charge in [-0.3, -0.25) is 0 Å². The summed E-state index contributed by atoms with van der Waals surface area (Å²) in [5, 5.41) is 3.35. The second kappa shape index (κ2) is 8.04. The topological polar surface area (TPSA) is 24.5 Å². The Kier molecular flexibility index (Phi) is 7.01. The Morgan fingerprint density at radius 1 is 1.50 bits per heavy atom.